The molecule has 4 rings (SSSR count). The number of halogens is 2. The fraction of sp³-hybridized carbons (Fsp3) is 0. The second kappa shape index (κ2) is 5.17. The molecule has 2 heterocycles. The van der Waals surface area contributed by atoms with Gasteiger partial charge in [-0.05, 0) is 24.3 Å². The molecule has 0 radical (unpaired) electrons. The number of Topliss-reactive ketones (excluding diaryl/α,β-unsaturated/α-hetero) is 2. The summed E-state index contributed by atoms with van der Waals surface area (Å²) < 4.78 is 0. The molecule has 2 aromatic rings. The Morgan fingerprint density at radius 1 is 0.682 bits per heavy atom. The lowest BCUT2D eigenvalue weighted by Gasteiger charge is -1.99. The van der Waals surface area contributed by atoms with Crippen LogP contribution in [0.5, 0.6) is 0 Å². The smallest absolute Gasteiger partial charge is 0.203 e. The van der Waals surface area contributed by atoms with Gasteiger partial charge in [-0.3, -0.25) is 9.59 Å². The number of fused-ring (bicyclic) bond motifs is 2. The summed E-state index contributed by atoms with van der Waals surface area (Å²) in [5.74, 6) is -0.379. The Labute approximate surface area is 144 Å². The minimum absolute atomic E-state index is 0.189. The van der Waals surface area contributed by atoms with Crippen LogP contribution >= 0.6 is 46.7 Å². The molecule has 0 aromatic heterocycles. The summed E-state index contributed by atoms with van der Waals surface area (Å²) in [5, 5.41) is 0.827. The van der Waals surface area contributed by atoms with E-state index in [9.17, 15) is 9.59 Å². The van der Waals surface area contributed by atoms with Crippen LogP contribution in [0.4, 0.5) is 0 Å². The second-order valence-corrected chi connectivity index (χ2v) is 7.67. The number of allylic oxidation sites excluding steroid dienone is 2. The number of hydrogen-bond donors (Lipinski definition) is 0. The van der Waals surface area contributed by atoms with Crippen molar-refractivity contribution in [3.63, 3.8) is 0 Å². The third kappa shape index (κ3) is 1.98. The van der Waals surface area contributed by atoms with Gasteiger partial charge in [-0.2, -0.15) is 0 Å². The molecule has 2 aliphatic rings. The van der Waals surface area contributed by atoms with Gasteiger partial charge in [-0.1, -0.05) is 58.9 Å². The van der Waals surface area contributed by atoms with Crippen LogP contribution in [-0.2, 0) is 0 Å². The molecule has 0 atom stereocenters. The van der Waals surface area contributed by atoms with Crippen molar-refractivity contribution in [3.8, 4) is 0 Å². The molecular formula is C16H6Cl2O2S2. The van der Waals surface area contributed by atoms with Gasteiger partial charge in [0.2, 0.25) is 11.6 Å². The maximum Gasteiger partial charge on any atom is 0.203 e. The van der Waals surface area contributed by atoms with Crippen LogP contribution < -0.4 is 0 Å². The highest BCUT2D eigenvalue weighted by Crippen LogP contribution is 2.51. The van der Waals surface area contributed by atoms with Gasteiger partial charge in [0.15, 0.2) is 0 Å². The van der Waals surface area contributed by atoms with Crippen molar-refractivity contribution in [1.29, 1.82) is 0 Å². The van der Waals surface area contributed by atoms with E-state index in [1.54, 1.807) is 24.3 Å². The first-order chi connectivity index (χ1) is 10.6. The van der Waals surface area contributed by atoms with Gasteiger partial charge in [0.05, 0.1) is 31.0 Å². The molecule has 0 amide bonds. The fourth-order valence-electron chi connectivity index (χ4n) is 2.46. The van der Waals surface area contributed by atoms with Crippen LogP contribution in [0, 0.1) is 0 Å². The summed E-state index contributed by atoms with van der Waals surface area (Å²) in [6.45, 7) is 0. The highest BCUT2D eigenvalue weighted by molar-refractivity contribution is 8.08. The van der Waals surface area contributed by atoms with Gasteiger partial charge in [-0.15, -0.1) is 0 Å². The van der Waals surface area contributed by atoms with Crippen LogP contribution in [-0.4, -0.2) is 11.6 Å². The minimum atomic E-state index is -0.189. The van der Waals surface area contributed by atoms with E-state index in [-0.39, 0.29) is 11.6 Å². The lowest BCUT2D eigenvalue weighted by Crippen LogP contribution is -2.02. The summed E-state index contributed by atoms with van der Waals surface area (Å²) in [7, 11) is 0. The topological polar surface area (TPSA) is 34.1 Å². The Balaban J connectivity index is 1.87. The number of hydrogen-bond acceptors (Lipinski definition) is 4. The quantitative estimate of drug-likeness (QED) is 0.579. The standard InChI is InChI=1S/C16H6Cl2O2S2/c17-7-3-1-5-9-11(7)13(19)15(21-9)16-14(20)12-8(18)4-2-6-10(12)22-16/h1-6H/b16-15+. The lowest BCUT2D eigenvalue weighted by atomic mass is 10.1. The summed E-state index contributed by atoms with van der Waals surface area (Å²) in [6, 6.07) is 10.6. The second-order valence-electron chi connectivity index (χ2n) is 4.75. The monoisotopic (exact) mass is 364 g/mol. The first-order valence-corrected chi connectivity index (χ1v) is 8.73. The summed E-state index contributed by atoms with van der Waals surface area (Å²) >= 11 is 14.8. The average molecular weight is 365 g/mol. The van der Waals surface area contributed by atoms with Crippen LogP contribution in [0.2, 0.25) is 10.0 Å². The van der Waals surface area contributed by atoms with E-state index in [0.717, 1.165) is 9.79 Å². The molecule has 0 unspecified atom stereocenters. The largest absolute Gasteiger partial charge is 0.288 e. The maximum atomic E-state index is 12.6. The Morgan fingerprint density at radius 3 is 1.45 bits per heavy atom. The highest BCUT2D eigenvalue weighted by Gasteiger charge is 2.37. The molecule has 0 N–H and O–H groups in total. The lowest BCUT2D eigenvalue weighted by molar-refractivity contribution is 0.101. The summed E-state index contributed by atoms with van der Waals surface area (Å²) in [5.41, 5.74) is 0.958. The Bertz CT molecular complexity index is 830. The van der Waals surface area contributed by atoms with Crippen LogP contribution in [0.3, 0.4) is 0 Å². The molecule has 2 aliphatic heterocycles. The van der Waals surface area contributed by atoms with E-state index >= 15 is 0 Å². The molecule has 0 aliphatic carbocycles. The SMILES string of the molecule is O=C1/C(=C2\Sc3cccc(Cl)c3C2=O)Sc2cccc(Cl)c21. The first-order valence-electron chi connectivity index (χ1n) is 6.34. The maximum absolute atomic E-state index is 12.6. The van der Waals surface area contributed by atoms with Gasteiger partial charge in [0.1, 0.15) is 0 Å². The molecule has 22 heavy (non-hydrogen) atoms. The van der Waals surface area contributed by atoms with Crippen LogP contribution in [0.25, 0.3) is 0 Å². The van der Waals surface area contributed by atoms with E-state index in [4.69, 9.17) is 23.2 Å². The zero-order valence-electron chi connectivity index (χ0n) is 10.9. The number of rotatable bonds is 0. The van der Waals surface area contributed by atoms with Crippen LogP contribution in [0.15, 0.2) is 56.0 Å². The average Bonchev–Trinajstić information content (AvgIpc) is 2.99. The van der Waals surface area contributed by atoms with E-state index in [1.807, 2.05) is 12.1 Å². The van der Waals surface area contributed by atoms with Gasteiger partial charge in [-0.25, -0.2) is 0 Å². The zero-order chi connectivity index (χ0) is 15.4. The number of carbonyl (C=O) groups excluding carboxylic acids is 2. The predicted octanol–water partition coefficient (Wildman–Crippen LogP) is 5.48. The molecular weight excluding hydrogens is 359 g/mol. The van der Waals surface area contributed by atoms with E-state index in [0.29, 0.717) is 31.0 Å². The molecule has 2 nitrogen and oxygen atoms in total. The van der Waals surface area contributed by atoms with E-state index < -0.39 is 0 Å². The van der Waals surface area contributed by atoms with Crippen molar-refractivity contribution in [2.75, 3.05) is 0 Å². The Kier molecular flexibility index (Phi) is 3.38. The minimum Gasteiger partial charge on any atom is -0.288 e. The molecule has 2 aromatic carbocycles. The van der Waals surface area contributed by atoms with Gasteiger partial charge < -0.3 is 0 Å². The van der Waals surface area contributed by atoms with Crippen molar-refractivity contribution in [2.45, 2.75) is 9.79 Å². The number of benzene rings is 2. The van der Waals surface area contributed by atoms with E-state index in [1.165, 1.54) is 23.5 Å². The van der Waals surface area contributed by atoms with Gasteiger partial charge in [0, 0.05) is 9.79 Å². The fourth-order valence-corrected chi connectivity index (χ4v) is 5.44. The third-order valence-corrected chi connectivity index (χ3v) is 6.51. The summed E-state index contributed by atoms with van der Waals surface area (Å²) in [4.78, 5) is 27.7. The number of ketones is 2. The number of carbonyl (C=O) groups is 2. The zero-order valence-corrected chi connectivity index (χ0v) is 14.0. The molecule has 0 saturated heterocycles. The Morgan fingerprint density at radius 2 is 1.09 bits per heavy atom. The van der Waals surface area contributed by atoms with Crippen molar-refractivity contribution in [3.05, 3.63) is 67.4 Å². The molecule has 0 spiro atoms. The van der Waals surface area contributed by atoms with Crippen molar-refractivity contribution >= 4 is 58.3 Å². The Hall–Kier alpha value is -1.20. The molecule has 0 bridgehead atoms. The highest BCUT2D eigenvalue weighted by atomic mass is 35.5. The molecule has 0 fully saturated rings. The molecule has 0 saturated carbocycles. The van der Waals surface area contributed by atoms with Gasteiger partial charge in [0.25, 0.3) is 0 Å². The van der Waals surface area contributed by atoms with Crippen LogP contribution in [0.1, 0.15) is 20.7 Å². The van der Waals surface area contributed by atoms with Crippen molar-refractivity contribution in [2.24, 2.45) is 0 Å². The van der Waals surface area contributed by atoms with Crippen molar-refractivity contribution < 1.29 is 9.59 Å². The molecule has 108 valence electrons. The molecule has 6 heteroatoms. The number of thioether (sulfide) groups is 2. The normalized spacial score (nSPS) is 19.5. The van der Waals surface area contributed by atoms with Crippen molar-refractivity contribution in [1.82, 2.24) is 0 Å². The predicted molar refractivity (Wildman–Crippen MR) is 90.3 cm³/mol. The first kappa shape index (κ1) is 14.4. The van der Waals surface area contributed by atoms with E-state index in [2.05, 4.69) is 0 Å². The van der Waals surface area contributed by atoms with Gasteiger partial charge >= 0.3 is 0 Å². The summed E-state index contributed by atoms with van der Waals surface area (Å²) in [6.07, 6.45) is 0. The third-order valence-electron chi connectivity index (χ3n) is 3.45.